The minimum atomic E-state index is -0.279. The summed E-state index contributed by atoms with van der Waals surface area (Å²) in [4.78, 5) is 21.2. The van der Waals surface area contributed by atoms with E-state index in [0.717, 1.165) is 42.6 Å². The molecule has 1 amide bonds. The number of hydrogen-bond acceptors (Lipinski definition) is 5. The molecule has 4 rings (SSSR count). The van der Waals surface area contributed by atoms with Crippen molar-refractivity contribution in [3.8, 4) is 0 Å². The number of nitrogens with zero attached hydrogens (tertiary/aromatic N) is 3. The van der Waals surface area contributed by atoms with Gasteiger partial charge in [0.15, 0.2) is 5.13 Å². The van der Waals surface area contributed by atoms with Crippen LogP contribution in [0.4, 0.5) is 9.52 Å². The van der Waals surface area contributed by atoms with Crippen LogP contribution >= 0.6 is 34.5 Å². The highest BCUT2D eigenvalue weighted by atomic mass is 35.5. The van der Waals surface area contributed by atoms with Crippen LogP contribution in [0.3, 0.4) is 0 Å². The van der Waals surface area contributed by atoms with E-state index in [9.17, 15) is 9.18 Å². The highest BCUT2D eigenvalue weighted by Gasteiger charge is 2.20. The summed E-state index contributed by atoms with van der Waals surface area (Å²) < 4.78 is 14.7. The molecule has 0 spiro atoms. The summed E-state index contributed by atoms with van der Waals surface area (Å²) in [6.07, 6.45) is 0. The molecule has 1 saturated heterocycles. The highest BCUT2D eigenvalue weighted by Crippen LogP contribution is 2.30. The summed E-state index contributed by atoms with van der Waals surface area (Å²) in [7, 11) is 0. The number of benzene rings is 2. The number of hydrogen-bond donors (Lipinski definition) is 1. The molecule has 1 aromatic heterocycles. The number of halogens is 3. The zero-order valence-electron chi connectivity index (χ0n) is 15.5. The van der Waals surface area contributed by atoms with Crippen LogP contribution in [0.5, 0.6) is 0 Å². The third-order valence-corrected chi connectivity index (χ3v) is 6.53. The minimum absolute atomic E-state index is 0.229. The Labute approximate surface area is 182 Å². The Kier molecular flexibility index (Phi) is 6.20. The Hall–Kier alpha value is -1.93. The summed E-state index contributed by atoms with van der Waals surface area (Å²) in [5.74, 6) is -0.508. The Balaban J connectivity index is 1.27. The van der Waals surface area contributed by atoms with Crippen molar-refractivity contribution in [2.75, 3.05) is 44.2 Å². The van der Waals surface area contributed by atoms with Gasteiger partial charge in [0.05, 0.1) is 15.3 Å². The quantitative estimate of drug-likeness (QED) is 0.626. The van der Waals surface area contributed by atoms with E-state index < -0.39 is 0 Å². The predicted octanol–water partition coefficient (Wildman–Crippen LogP) is 4.29. The molecule has 2 heterocycles. The Morgan fingerprint density at radius 3 is 2.72 bits per heavy atom. The monoisotopic (exact) mass is 452 g/mol. The number of rotatable bonds is 5. The second-order valence-corrected chi connectivity index (χ2v) is 8.64. The van der Waals surface area contributed by atoms with E-state index in [4.69, 9.17) is 23.2 Å². The Morgan fingerprint density at radius 1 is 1.17 bits per heavy atom. The summed E-state index contributed by atoms with van der Waals surface area (Å²) in [5.41, 5.74) is 0.823. The summed E-state index contributed by atoms with van der Waals surface area (Å²) >= 11 is 13.5. The van der Waals surface area contributed by atoms with E-state index >= 15 is 0 Å². The number of carbonyl (C=O) groups excluding carboxylic acids is 1. The van der Waals surface area contributed by atoms with Gasteiger partial charge in [-0.1, -0.05) is 40.6 Å². The van der Waals surface area contributed by atoms with Crippen molar-refractivity contribution in [3.05, 3.63) is 57.8 Å². The van der Waals surface area contributed by atoms with E-state index in [-0.39, 0.29) is 11.7 Å². The highest BCUT2D eigenvalue weighted by molar-refractivity contribution is 7.22. The molecular formula is C20H19Cl2FN4OS. The molecule has 0 aliphatic carbocycles. The molecule has 152 valence electrons. The van der Waals surface area contributed by atoms with Gasteiger partial charge in [0.2, 0.25) is 0 Å². The average molecular weight is 453 g/mol. The number of fused-ring (bicyclic) bond motifs is 1. The first-order valence-electron chi connectivity index (χ1n) is 9.27. The molecule has 0 saturated carbocycles. The van der Waals surface area contributed by atoms with Gasteiger partial charge in [0.1, 0.15) is 11.3 Å². The van der Waals surface area contributed by atoms with Crippen molar-refractivity contribution in [1.82, 2.24) is 15.2 Å². The fraction of sp³-hybridized carbons (Fsp3) is 0.300. The Bertz CT molecular complexity index is 1040. The molecule has 0 radical (unpaired) electrons. The molecule has 0 bridgehead atoms. The van der Waals surface area contributed by atoms with E-state index in [1.54, 1.807) is 24.3 Å². The van der Waals surface area contributed by atoms with Gasteiger partial charge in [-0.2, -0.15) is 0 Å². The van der Waals surface area contributed by atoms with Gasteiger partial charge in [-0.15, -0.1) is 0 Å². The molecule has 1 aliphatic heterocycles. The zero-order chi connectivity index (χ0) is 20.4. The molecule has 1 N–H and O–H groups in total. The summed E-state index contributed by atoms with van der Waals surface area (Å²) in [5, 5.41) is 4.61. The number of amides is 1. The van der Waals surface area contributed by atoms with Crippen molar-refractivity contribution >= 4 is 55.8 Å². The maximum atomic E-state index is 13.9. The SMILES string of the molecule is O=C(NCCN1CCN(c2nc3c(F)cccc3s2)CC1)c1cc(Cl)ccc1Cl. The largest absolute Gasteiger partial charge is 0.351 e. The van der Waals surface area contributed by atoms with E-state index in [2.05, 4.69) is 20.1 Å². The van der Waals surface area contributed by atoms with Crippen LogP contribution in [0.1, 0.15) is 10.4 Å². The molecule has 9 heteroatoms. The number of nitrogens with one attached hydrogen (secondary N) is 1. The van der Waals surface area contributed by atoms with Crippen molar-refractivity contribution < 1.29 is 9.18 Å². The summed E-state index contributed by atoms with van der Waals surface area (Å²) in [6, 6.07) is 9.88. The van der Waals surface area contributed by atoms with Crippen LogP contribution in [0.2, 0.25) is 10.0 Å². The topological polar surface area (TPSA) is 48.5 Å². The van der Waals surface area contributed by atoms with Crippen LogP contribution in [-0.2, 0) is 0 Å². The lowest BCUT2D eigenvalue weighted by atomic mass is 10.2. The smallest absolute Gasteiger partial charge is 0.252 e. The number of para-hydroxylation sites is 1. The fourth-order valence-electron chi connectivity index (χ4n) is 3.30. The Morgan fingerprint density at radius 2 is 1.97 bits per heavy atom. The number of aromatic nitrogens is 1. The third-order valence-electron chi connectivity index (χ3n) is 4.89. The lowest BCUT2D eigenvalue weighted by Gasteiger charge is -2.34. The number of anilines is 1. The standard InChI is InChI=1S/C20H19Cl2FN4OS/c21-13-4-5-15(22)14(12-13)19(28)24-6-7-26-8-10-27(11-9-26)20-25-18-16(23)2-1-3-17(18)29-20/h1-5,12H,6-11H2,(H,24,28). The number of carbonyl (C=O) groups is 1. The van der Waals surface area contributed by atoms with Crippen molar-refractivity contribution in [1.29, 1.82) is 0 Å². The molecule has 1 aliphatic rings. The third kappa shape index (κ3) is 4.64. The van der Waals surface area contributed by atoms with Gasteiger partial charge >= 0.3 is 0 Å². The average Bonchev–Trinajstić information content (AvgIpc) is 3.16. The van der Waals surface area contributed by atoms with E-state index in [0.29, 0.717) is 27.7 Å². The predicted molar refractivity (Wildman–Crippen MR) is 117 cm³/mol. The van der Waals surface area contributed by atoms with Crippen molar-refractivity contribution in [2.24, 2.45) is 0 Å². The van der Waals surface area contributed by atoms with Crippen molar-refractivity contribution in [3.63, 3.8) is 0 Å². The lowest BCUT2D eigenvalue weighted by Crippen LogP contribution is -2.48. The number of thiazole rings is 1. The first-order chi connectivity index (χ1) is 14.0. The maximum absolute atomic E-state index is 13.9. The lowest BCUT2D eigenvalue weighted by molar-refractivity contribution is 0.0948. The molecular weight excluding hydrogens is 434 g/mol. The maximum Gasteiger partial charge on any atom is 0.252 e. The van der Waals surface area contributed by atoms with E-state index in [1.807, 2.05) is 6.07 Å². The van der Waals surface area contributed by atoms with Crippen LogP contribution < -0.4 is 10.2 Å². The zero-order valence-corrected chi connectivity index (χ0v) is 17.8. The van der Waals surface area contributed by atoms with Gasteiger partial charge in [-0.3, -0.25) is 9.69 Å². The molecule has 2 aromatic carbocycles. The first-order valence-corrected chi connectivity index (χ1v) is 10.8. The molecule has 29 heavy (non-hydrogen) atoms. The van der Waals surface area contributed by atoms with Crippen LogP contribution in [0, 0.1) is 5.82 Å². The van der Waals surface area contributed by atoms with Crippen molar-refractivity contribution in [2.45, 2.75) is 0 Å². The van der Waals surface area contributed by atoms with Crippen LogP contribution in [0.15, 0.2) is 36.4 Å². The van der Waals surface area contributed by atoms with Gasteiger partial charge in [-0.05, 0) is 30.3 Å². The van der Waals surface area contributed by atoms with Gasteiger partial charge < -0.3 is 10.2 Å². The van der Waals surface area contributed by atoms with E-state index in [1.165, 1.54) is 17.4 Å². The normalized spacial score (nSPS) is 15.1. The van der Waals surface area contributed by atoms with Gasteiger partial charge in [0, 0.05) is 44.3 Å². The second kappa shape index (κ2) is 8.83. The second-order valence-electron chi connectivity index (χ2n) is 6.79. The minimum Gasteiger partial charge on any atom is -0.351 e. The van der Waals surface area contributed by atoms with Gasteiger partial charge in [0.25, 0.3) is 5.91 Å². The van der Waals surface area contributed by atoms with Crippen LogP contribution in [0.25, 0.3) is 10.2 Å². The fourth-order valence-corrected chi connectivity index (χ4v) is 4.70. The molecule has 0 atom stereocenters. The molecule has 5 nitrogen and oxygen atoms in total. The van der Waals surface area contributed by atoms with Gasteiger partial charge in [-0.25, -0.2) is 9.37 Å². The van der Waals surface area contributed by atoms with Crippen LogP contribution in [-0.4, -0.2) is 55.1 Å². The molecule has 1 fully saturated rings. The first kappa shape index (κ1) is 20.3. The summed E-state index contributed by atoms with van der Waals surface area (Å²) in [6.45, 7) is 4.60. The number of piperazine rings is 1. The molecule has 0 unspecified atom stereocenters. The molecule has 3 aromatic rings.